The van der Waals surface area contributed by atoms with Crippen LogP contribution in [0.1, 0.15) is 0 Å². The van der Waals surface area contributed by atoms with Crippen LogP contribution in [0.15, 0.2) is 0 Å². The van der Waals surface area contributed by atoms with Gasteiger partial charge in [-0.25, -0.2) is 0 Å². The van der Waals surface area contributed by atoms with Crippen LogP contribution in [0.5, 0.6) is 0 Å². The van der Waals surface area contributed by atoms with E-state index in [9.17, 15) is 0 Å². The molecule has 0 aromatic carbocycles. The van der Waals surface area contributed by atoms with Crippen molar-refractivity contribution in [2.75, 3.05) is 0 Å². The first kappa shape index (κ1) is 1060. The number of hydrogen-bond acceptors (Lipinski definition) is 0. The van der Waals surface area contributed by atoms with Crippen LogP contribution in [0, 0.1) is 0 Å². The molecule has 11 heteroatoms. The molecule has 16 N–H and O–H groups in total. The Hall–Kier alpha value is 1.20. The summed E-state index contributed by atoms with van der Waals surface area (Å²) in [5.74, 6) is 0. The zero-order chi connectivity index (χ0) is 0. The van der Waals surface area contributed by atoms with E-state index in [0.29, 0.717) is 0 Å². The Bertz CT molecular complexity index is 9.30. The molecule has 0 aliphatic carbocycles. The van der Waals surface area contributed by atoms with Gasteiger partial charge in [0.1, 0.15) is 0 Å². The third-order valence-electron chi connectivity index (χ3n) is 0. The van der Waals surface area contributed by atoms with Crippen LogP contribution < -0.4 is 0 Å². The molecule has 0 rings (SSSR count). The van der Waals surface area contributed by atoms with E-state index in [-0.39, 0.29) is 94.1 Å². The van der Waals surface area contributed by atoms with Gasteiger partial charge < -0.3 is 43.8 Å². The molecule has 3 radical (unpaired) electrons. The number of hydrogen-bond donors (Lipinski definition) is 0. The summed E-state index contributed by atoms with van der Waals surface area (Å²) in [6, 6.07) is 0. The van der Waals surface area contributed by atoms with Gasteiger partial charge in [-0.1, -0.05) is 0 Å². The zero-order valence-corrected chi connectivity index (χ0v) is 8.12. The van der Waals surface area contributed by atoms with Crippen molar-refractivity contribution in [3.63, 3.8) is 0 Å². The van der Waals surface area contributed by atoms with E-state index >= 15 is 0 Å². The van der Waals surface area contributed by atoms with E-state index in [2.05, 4.69) is 0 Å². The van der Waals surface area contributed by atoms with Gasteiger partial charge in [0.25, 0.3) is 0 Å². The standard InChI is InChI=1S/3Co.8H2O/h;;;8*1H2. The zero-order valence-electron chi connectivity index (χ0n) is 5.00. The van der Waals surface area contributed by atoms with Crippen molar-refractivity contribution in [3.8, 4) is 0 Å². The van der Waals surface area contributed by atoms with Crippen molar-refractivity contribution in [2.24, 2.45) is 0 Å². The minimum Gasteiger partial charge on any atom is -0.412 e. The molecule has 0 atom stereocenters. The smallest absolute Gasteiger partial charge is 0 e. The van der Waals surface area contributed by atoms with E-state index in [1.54, 1.807) is 0 Å². The summed E-state index contributed by atoms with van der Waals surface area (Å²) in [5, 5.41) is 0. The predicted molar refractivity (Wildman–Crippen MR) is 28.9 cm³/mol. The molecule has 91 valence electrons. The Labute approximate surface area is 94.2 Å². The van der Waals surface area contributed by atoms with Gasteiger partial charge in [0.05, 0.1) is 0 Å². The van der Waals surface area contributed by atoms with Crippen molar-refractivity contribution in [1.29, 1.82) is 0 Å². The van der Waals surface area contributed by atoms with Gasteiger partial charge in [-0.3, -0.25) is 0 Å². The van der Waals surface area contributed by atoms with Crippen LogP contribution in [-0.2, 0) is 50.3 Å². The second-order valence-electron chi connectivity index (χ2n) is 0. The summed E-state index contributed by atoms with van der Waals surface area (Å²) < 4.78 is 0. The first-order chi connectivity index (χ1) is 0. The van der Waals surface area contributed by atoms with E-state index in [1.807, 2.05) is 0 Å². The van der Waals surface area contributed by atoms with Gasteiger partial charge in [-0.2, -0.15) is 0 Å². The Kier molecular flexibility index (Phi) is 78300. The van der Waals surface area contributed by atoms with Gasteiger partial charge >= 0.3 is 0 Å². The Balaban J connectivity index is 0. The van der Waals surface area contributed by atoms with Gasteiger partial charge in [0.2, 0.25) is 0 Å². The summed E-state index contributed by atoms with van der Waals surface area (Å²) in [5.41, 5.74) is 0. The van der Waals surface area contributed by atoms with Gasteiger partial charge in [0, 0.05) is 50.3 Å². The molecular weight excluding hydrogens is 305 g/mol. The molecule has 0 unspecified atom stereocenters. The SMILES string of the molecule is O.O.O.O.O.O.O.O.[Co].[Co].[Co]. The molecule has 0 saturated carbocycles. The quantitative estimate of drug-likeness (QED) is 0.403. The fraction of sp³-hybridized carbons (Fsp3) is 0. The van der Waals surface area contributed by atoms with Crippen molar-refractivity contribution in [2.45, 2.75) is 0 Å². The first-order valence-electron chi connectivity index (χ1n) is 0. The van der Waals surface area contributed by atoms with E-state index in [0.717, 1.165) is 0 Å². The molecule has 0 bridgehead atoms. The Morgan fingerprint density at radius 1 is 0.182 bits per heavy atom. The van der Waals surface area contributed by atoms with Crippen molar-refractivity contribution >= 4 is 0 Å². The average Bonchev–Trinajstić information content (AvgIpc) is 0. The maximum Gasteiger partial charge on any atom is 0 e. The molecule has 0 saturated heterocycles. The second kappa shape index (κ2) is 810. The summed E-state index contributed by atoms with van der Waals surface area (Å²) in [6.07, 6.45) is 0. The maximum atomic E-state index is 0. The van der Waals surface area contributed by atoms with Gasteiger partial charge in [-0.05, 0) is 0 Å². The summed E-state index contributed by atoms with van der Waals surface area (Å²) in [7, 11) is 0. The average molecular weight is 321 g/mol. The third-order valence-corrected chi connectivity index (χ3v) is 0. The molecule has 0 heterocycles. The molecule has 11 heavy (non-hydrogen) atoms. The van der Waals surface area contributed by atoms with Crippen molar-refractivity contribution in [3.05, 3.63) is 0 Å². The minimum atomic E-state index is 0. The van der Waals surface area contributed by atoms with Crippen LogP contribution in [0.4, 0.5) is 0 Å². The van der Waals surface area contributed by atoms with Crippen LogP contribution in [-0.4, -0.2) is 43.8 Å². The Morgan fingerprint density at radius 3 is 0.182 bits per heavy atom. The largest absolute Gasteiger partial charge is 0.412 e. The predicted octanol–water partition coefficient (Wildman–Crippen LogP) is -6.61. The van der Waals surface area contributed by atoms with Crippen LogP contribution in [0.25, 0.3) is 0 Å². The van der Waals surface area contributed by atoms with E-state index < -0.39 is 0 Å². The monoisotopic (exact) mass is 321 g/mol. The second-order valence-corrected chi connectivity index (χ2v) is 0. The summed E-state index contributed by atoms with van der Waals surface area (Å²) in [6.45, 7) is 0. The van der Waals surface area contributed by atoms with Gasteiger partial charge in [-0.15, -0.1) is 0 Å². The van der Waals surface area contributed by atoms with Crippen molar-refractivity contribution < 1.29 is 94.1 Å². The van der Waals surface area contributed by atoms with E-state index in [1.165, 1.54) is 0 Å². The summed E-state index contributed by atoms with van der Waals surface area (Å²) in [4.78, 5) is 0. The van der Waals surface area contributed by atoms with Crippen molar-refractivity contribution in [1.82, 2.24) is 0 Å². The molecule has 0 aliphatic rings. The maximum absolute atomic E-state index is 0. The van der Waals surface area contributed by atoms with E-state index in [4.69, 9.17) is 0 Å². The molecule has 0 aromatic rings. The molecule has 8 nitrogen and oxygen atoms in total. The van der Waals surface area contributed by atoms with Crippen LogP contribution in [0.2, 0.25) is 0 Å². The minimum absolute atomic E-state index is 0. The molecule has 0 spiro atoms. The molecular formula is H16Co3O8. The van der Waals surface area contributed by atoms with Crippen LogP contribution in [0.3, 0.4) is 0 Å². The van der Waals surface area contributed by atoms with Gasteiger partial charge in [0.15, 0.2) is 0 Å². The van der Waals surface area contributed by atoms with Crippen LogP contribution >= 0.6 is 0 Å². The number of rotatable bonds is 0. The fourth-order valence-corrected chi connectivity index (χ4v) is 0. The molecule has 0 fully saturated rings. The fourth-order valence-electron chi connectivity index (χ4n) is 0. The molecule has 0 amide bonds. The topological polar surface area (TPSA) is 252 Å². The summed E-state index contributed by atoms with van der Waals surface area (Å²) >= 11 is 0. The normalized spacial score (nSPS) is 0. The molecule has 0 aromatic heterocycles. The molecule has 0 aliphatic heterocycles. The first-order valence-corrected chi connectivity index (χ1v) is 0. The third kappa shape index (κ3) is 659. The Morgan fingerprint density at radius 2 is 0.182 bits per heavy atom.